The second-order valence-corrected chi connectivity index (χ2v) is 2.76. The molecular formula is C9H7ClN2. The molecule has 0 aromatic carbocycles. The number of hydrogen-bond donors (Lipinski definition) is 0. The molecule has 0 aliphatic heterocycles. The first-order valence-electron chi connectivity index (χ1n) is 3.65. The third kappa shape index (κ3) is 1.14. The number of rotatable bonds is 1. The third-order valence-corrected chi connectivity index (χ3v) is 2.03. The van der Waals surface area contributed by atoms with Gasteiger partial charge in [-0.2, -0.15) is 0 Å². The van der Waals surface area contributed by atoms with Gasteiger partial charge in [-0.05, 0) is 12.1 Å². The fourth-order valence-electron chi connectivity index (χ4n) is 1.19. The smallest absolute Gasteiger partial charge is 0.0653 e. The summed E-state index contributed by atoms with van der Waals surface area (Å²) in [5.41, 5.74) is 0.913. The highest BCUT2D eigenvalue weighted by atomic mass is 35.5. The maximum absolute atomic E-state index is 5.72. The van der Waals surface area contributed by atoms with Crippen LogP contribution < -0.4 is 0 Å². The Morgan fingerprint density at radius 2 is 2.17 bits per heavy atom. The van der Waals surface area contributed by atoms with Gasteiger partial charge in [0.15, 0.2) is 0 Å². The lowest BCUT2D eigenvalue weighted by atomic mass is 10.2. The van der Waals surface area contributed by atoms with Crippen molar-refractivity contribution in [1.82, 2.24) is 9.97 Å². The summed E-state index contributed by atoms with van der Waals surface area (Å²) in [4.78, 5) is 8.18. The Morgan fingerprint density at radius 1 is 1.25 bits per heavy atom. The molecule has 2 aromatic rings. The minimum absolute atomic E-state index is 0.446. The predicted molar refractivity (Wildman–Crippen MR) is 49.1 cm³/mol. The van der Waals surface area contributed by atoms with Gasteiger partial charge in [0, 0.05) is 29.4 Å². The molecule has 0 bridgehead atoms. The topological polar surface area (TPSA) is 25.8 Å². The van der Waals surface area contributed by atoms with Crippen LogP contribution in [0, 0.1) is 0 Å². The lowest BCUT2D eigenvalue weighted by molar-refractivity contribution is 1.20. The summed E-state index contributed by atoms with van der Waals surface area (Å²) in [6, 6.07) is 3.86. The van der Waals surface area contributed by atoms with Gasteiger partial charge in [-0.25, -0.2) is 0 Å². The second kappa shape index (κ2) is 3.07. The fourth-order valence-corrected chi connectivity index (χ4v) is 1.40. The molecule has 60 valence electrons. The molecule has 0 saturated carbocycles. The van der Waals surface area contributed by atoms with Crippen LogP contribution in [0.25, 0.3) is 10.8 Å². The quantitative estimate of drug-likeness (QED) is 0.627. The SMILES string of the molecule is ClCc1nccc2cnccc12. The van der Waals surface area contributed by atoms with Gasteiger partial charge >= 0.3 is 0 Å². The molecule has 0 aliphatic carbocycles. The van der Waals surface area contributed by atoms with E-state index in [1.54, 1.807) is 12.4 Å². The van der Waals surface area contributed by atoms with Crippen LogP contribution in [0.4, 0.5) is 0 Å². The molecule has 2 heterocycles. The van der Waals surface area contributed by atoms with Crippen LogP contribution in [0.5, 0.6) is 0 Å². The van der Waals surface area contributed by atoms with Crippen LogP contribution in [0.2, 0.25) is 0 Å². The van der Waals surface area contributed by atoms with Crippen molar-refractivity contribution in [3.8, 4) is 0 Å². The second-order valence-electron chi connectivity index (χ2n) is 2.49. The van der Waals surface area contributed by atoms with Gasteiger partial charge in [0.1, 0.15) is 0 Å². The van der Waals surface area contributed by atoms with Crippen molar-refractivity contribution in [3.63, 3.8) is 0 Å². The molecule has 2 nitrogen and oxygen atoms in total. The fraction of sp³-hybridized carbons (Fsp3) is 0.111. The standard InChI is InChI=1S/C9H7ClN2/c10-5-9-8-2-3-11-6-7(8)1-4-12-9/h1-4,6H,5H2. The molecule has 0 atom stereocenters. The molecule has 3 heteroatoms. The zero-order valence-corrected chi connectivity index (χ0v) is 7.12. The van der Waals surface area contributed by atoms with Gasteiger partial charge in [-0.15, -0.1) is 11.6 Å². The molecule has 2 rings (SSSR count). The van der Waals surface area contributed by atoms with Crippen LogP contribution in [0.1, 0.15) is 5.69 Å². The lowest BCUT2D eigenvalue weighted by Gasteiger charge is -1.99. The monoisotopic (exact) mass is 178 g/mol. The minimum atomic E-state index is 0.446. The van der Waals surface area contributed by atoms with E-state index in [0.717, 1.165) is 16.5 Å². The van der Waals surface area contributed by atoms with Crippen molar-refractivity contribution >= 4 is 22.4 Å². The molecule has 0 saturated heterocycles. The van der Waals surface area contributed by atoms with E-state index in [0.29, 0.717) is 5.88 Å². The van der Waals surface area contributed by atoms with Crippen LogP contribution in [0.3, 0.4) is 0 Å². The Bertz CT molecular complexity index is 395. The Balaban J connectivity index is 2.79. The van der Waals surface area contributed by atoms with Crippen LogP contribution in [-0.2, 0) is 5.88 Å². The van der Waals surface area contributed by atoms with E-state index in [4.69, 9.17) is 11.6 Å². The first kappa shape index (κ1) is 7.50. The zero-order chi connectivity index (χ0) is 8.39. The lowest BCUT2D eigenvalue weighted by Crippen LogP contribution is -1.86. The molecule has 0 N–H and O–H groups in total. The van der Waals surface area contributed by atoms with Crippen LogP contribution in [0.15, 0.2) is 30.7 Å². The van der Waals surface area contributed by atoms with Crippen molar-refractivity contribution in [2.24, 2.45) is 0 Å². The summed E-state index contributed by atoms with van der Waals surface area (Å²) in [5.74, 6) is 0.446. The summed E-state index contributed by atoms with van der Waals surface area (Å²) < 4.78 is 0. The molecule has 0 aliphatic rings. The first-order valence-corrected chi connectivity index (χ1v) is 4.19. The van der Waals surface area contributed by atoms with E-state index in [1.807, 2.05) is 18.3 Å². The van der Waals surface area contributed by atoms with Crippen molar-refractivity contribution in [2.45, 2.75) is 5.88 Å². The summed E-state index contributed by atoms with van der Waals surface area (Å²) >= 11 is 5.72. The highest BCUT2D eigenvalue weighted by molar-refractivity contribution is 6.17. The van der Waals surface area contributed by atoms with Gasteiger partial charge in [-0.3, -0.25) is 9.97 Å². The van der Waals surface area contributed by atoms with Crippen molar-refractivity contribution in [1.29, 1.82) is 0 Å². The Kier molecular flexibility index (Phi) is 1.92. The normalized spacial score (nSPS) is 10.4. The Morgan fingerprint density at radius 3 is 3.00 bits per heavy atom. The summed E-state index contributed by atoms with van der Waals surface area (Å²) in [6.45, 7) is 0. The van der Waals surface area contributed by atoms with Gasteiger partial charge in [0.2, 0.25) is 0 Å². The predicted octanol–water partition coefficient (Wildman–Crippen LogP) is 2.37. The molecule has 2 aromatic heterocycles. The van der Waals surface area contributed by atoms with Crippen molar-refractivity contribution in [3.05, 3.63) is 36.4 Å². The minimum Gasteiger partial charge on any atom is -0.264 e. The van der Waals surface area contributed by atoms with E-state index in [2.05, 4.69) is 9.97 Å². The number of hydrogen-bond acceptors (Lipinski definition) is 2. The van der Waals surface area contributed by atoms with E-state index in [1.165, 1.54) is 0 Å². The van der Waals surface area contributed by atoms with Crippen molar-refractivity contribution in [2.75, 3.05) is 0 Å². The molecule has 0 radical (unpaired) electrons. The van der Waals surface area contributed by atoms with Crippen LogP contribution in [-0.4, -0.2) is 9.97 Å². The van der Waals surface area contributed by atoms with E-state index < -0.39 is 0 Å². The highest BCUT2D eigenvalue weighted by Crippen LogP contribution is 2.15. The molecule has 0 fully saturated rings. The molecule has 12 heavy (non-hydrogen) atoms. The number of aromatic nitrogens is 2. The van der Waals surface area contributed by atoms with E-state index in [9.17, 15) is 0 Å². The average molecular weight is 179 g/mol. The number of nitrogens with zero attached hydrogens (tertiary/aromatic N) is 2. The van der Waals surface area contributed by atoms with Gasteiger partial charge in [0.05, 0.1) is 11.6 Å². The molecular weight excluding hydrogens is 172 g/mol. The first-order chi connectivity index (χ1) is 5.92. The highest BCUT2D eigenvalue weighted by Gasteiger charge is 1.98. The number of pyridine rings is 2. The third-order valence-electron chi connectivity index (χ3n) is 1.77. The summed E-state index contributed by atoms with van der Waals surface area (Å²) in [7, 11) is 0. The van der Waals surface area contributed by atoms with Crippen molar-refractivity contribution < 1.29 is 0 Å². The van der Waals surface area contributed by atoms with E-state index in [-0.39, 0.29) is 0 Å². The summed E-state index contributed by atoms with van der Waals surface area (Å²) in [5, 5.41) is 2.17. The largest absolute Gasteiger partial charge is 0.264 e. The Hall–Kier alpha value is -1.15. The molecule has 0 unspecified atom stereocenters. The number of halogens is 1. The van der Waals surface area contributed by atoms with E-state index >= 15 is 0 Å². The van der Waals surface area contributed by atoms with Gasteiger partial charge in [-0.1, -0.05) is 0 Å². The maximum atomic E-state index is 5.72. The van der Waals surface area contributed by atoms with Crippen LogP contribution >= 0.6 is 11.6 Å². The zero-order valence-electron chi connectivity index (χ0n) is 6.37. The van der Waals surface area contributed by atoms with Gasteiger partial charge in [0.25, 0.3) is 0 Å². The summed E-state index contributed by atoms with van der Waals surface area (Å²) in [6.07, 6.45) is 5.31. The molecule has 0 amide bonds. The number of fused-ring (bicyclic) bond motifs is 1. The maximum Gasteiger partial charge on any atom is 0.0653 e. The number of alkyl halides is 1. The van der Waals surface area contributed by atoms with Gasteiger partial charge < -0.3 is 0 Å². The average Bonchev–Trinajstić information content (AvgIpc) is 2.17. The Labute approximate surface area is 75.2 Å². The molecule has 0 spiro atoms.